The van der Waals surface area contributed by atoms with E-state index in [1.54, 1.807) is 16.8 Å². The van der Waals surface area contributed by atoms with Crippen LogP contribution in [0, 0.1) is 5.82 Å². The number of likely N-dealkylation sites (tertiary alicyclic amines) is 1. The number of alkyl halides is 3. The van der Waals surface area contributed by atoms with Crippen molar-refractivity contribution in [2.45, 2.75) is 31.6 Å². The van der Waals surface area contributed by atoms with Crippen LogP contribution in [0.3, 0.4) is 0 Å². The number of hydrogen-bond acceptors (Lipinski definition) is 4. The second-order valence-corrected chi connectivity index (χ2v) is 7.09. The predicted molar refractivity (Wildman–Crippen MR) is 97.4 cm³/mol. The van der Waals surface area contributed by atoms with Crippen LogP contribution in [-0.4, -0.2) is 38.2 Å². The van der Waals surface area contributed by atoms with Gasteiger partial charge in [0, 0.05) is 0 Å². The van der Waals surface area contributed by atoms with Crippen molar-refractivity contribution >= 4 is 0 Å². The number of halogens is 4. The highest BCUT2D eigenvalue weighted by atomic mass is 19.4. The molecule has 3 aromatic rings. The van der Waals surface area contributed by atoms with Crippen LogP contribution in [-0.2, 0) is 12.7 Å². The van der Waals surface area contributed by atoms with E-state index < -0.39 is 11.7 Å². The minimum Gasteiger partial charge on any atom is -0.290 e. The zero-order valence-corrected chi connectivity index (χ0v) is 15.5. The molecule has 0 spiro atoms. The first kappa shape index (κ1) is 19.5. The van der Waals surface area contributed by atoms with E-state index in [4.69, 9.17) is 0 Å². The van der Waals surface area contributed by atoms with Crippen molar-refractivity contribution in [3.05, 3.63) is 76.9 Å². The molecule has 0 N–H and O–H groups in total. The topological polar surface area (TPSA) is 46.8 Å². The Balaban J connectivity index is 1.68. The Hall–Kier alpha value is -2.81. The summed E-state index contributed by atoms with van der Waals surface area (Å²) >= 11 is 0. The minimum atomic E-state index is -4.38. The molecule has 2 aromatic carbocycles. The molecular weight excluding hydrogens is 386 g/mol. The Morgan fingerprint density at radius 1 is 0.931 bits per heavy atom. The normalized spacial score (nSPS) is 16.3. The molecule has 4 rings (SSSR count). The van der Waals surface area contributed by atoms with E-state index in [-0.39, 0.29) is 11.9 Å². The number of aromatic nitrogens is 4. The average Bonchev–Trinajstić information content (AvgIpc) is 3.37. The quantitative estimate of drug-likeness (QED) is 0.601. The second-order valence-electron chi connectivity index (χ2n) is 7.09. The lowest BCUT2D eigenvalue weighted by Crippen LogP contribution is -2.29. The molecule has 1 aromatic heterocycles. The summed E-state index contributed by atoms with van der Waals surface area (Å²) in [7, 11) is 0. The van der Waals surface area contributed by atoms with Gasteiger partial charge >= 0.3 is 6.18 Å². The third kappa shape index (κ3) is 4.29. The molecule has 152 valence electrons. The van der Waals surface area contributed by atoms with Crippen molar-refractivity contribution in [2.24, 2.45) is 0 Å². The minimum absolute atomic E-state index is 0.328. The van der Waals surface area contributed by atoms with Gasteiger partial charge in [-0.2, -0.15) is 13.2 Å². The van der Waals surface area contributed by atoms with E-state index in [2.05, 4.69) is 20.4 Å². The van der Waals surface area contributed by atoms with E-state index in [0.29, 0.717) is 17.9 Å². The summed E-state index contributed by atoms with van der Waals surface area (Å²) in [6.07, 6.45) is -2.36. The third-order valence-electron chi connectivity index (χ3n) is 5.11. The smallest absolute Gasteiger partial charge is 0.290 e. The fourth-order valence-electron chi connectivity index (χ4n) is 3.66. The van der Waals surface area contributed by atoms with Gasteiger partial charge in [0.05, 0.1) is 18.2 Å². The van der Waals surface area contributed by atoms with Crippen LogP contribution in [0.4, 0.5) is 17.6 Å². The molecule has 0 amide bonds. The van der Waals surface area contributed by atoms with Gasteiger partial charge in [-0.05, 0) is 71.8 Å². The van der Waals surface area contributed by atoms with Gasteiger partial charge in [0.25, 0.3) is 0 Å². The van der Waals surface area contributed by atoms with Crippen LogP contribution < -0.4 is 0 Å². The molecule has 1 fully saturated rings. The van der Waals surface area contributed by atoms with Crippen molar-refractivity contribution < 1.29 is 17.6 Å². The monoisotopic (exact) mass is 405 g/mol. The summed E-state index contributed by atoms with van der Waals surface area (Å²) in [6, 6.07) is 10.9. The Bertz CT molecular complexity index is 944. The van der Waals surface area contributed by atoms with Crippen LogP contribution in [0.5, 0.6) is 0 Å². The SMILES string of the molecule is Fc1ccc(Cn2nnnc2[C@@H](c2ccc(C(F)(F)F)cc2)N2CCCC2)cc1. The van der Waals surface area contributed by atoms with Crippen LogP contribution in [0.1, 0.15) is 41.4 Å². The van der Waals surface area contributed by atoms with Gasteiger partial charge in [0.15, 0.2) is 5.82 Å². The second kappa shape index (κ2) is 7.90. The van der Waals surface area contributed by atoms with Gasteiger partial charge in [-0.25, -0.2) is 9.07 Å². The number of hydrogen-bond donors (Lipinski definition) is 0. The first-order valence-corrected chi connectivity index (χ1v) is 9.33. The first-order chi connectivity index (χ1) is 13.9. The molecular formula is C20H19F4N5. The molecule has 2 heterocycles. The van der Waals surface area contributed by atoms with E-state index in [9.17, 15) is 17.6 Å². The Morgan fingerprint density at radius 3 is 2.21 bits per heavy atom. The maximum Gasteiger partial charge on any atom is 0.416 e. The lowest BCUT2D eigenvalue weighted by Gasteiger charge is -2.27. The molecule has 0 radical (unpaired) electrons. The van der Waals surface area contributed by atoms with Gasteiger partial charge < -0.3 is 0 Å². The van der Waals surface area contributed by atoms with Crippen molar-refractivity contribution in [2.75, 3.05) is 13.1 Å². The lowest BCUT2D eigenvalue weighted by atomic mass is 10.0. The molecule has 1 saturated heterocycles. The summed E-state index contributed by atoms with van der Waals surface area (Å²) in [5.74, 6) is 0.223. The van der Waals surface area contributed by atoms with Crippen LogP contribution in [0.25, 0.3) is 0 Å². The lowest BCUT2D eigenvalue weighted by molar-refractivity contribution is -0.137. The van der Waals surface area contributed by atoms with Crippen LogP contribution in [0.2, 0.25) is 0 Å². The molecule has 0 bridgehead atoms. The zero-order valence-electron chi connectivity index (χ0n) is 15.5. The number of tetrazole rings is 1. The largest absolute Gasteiger partial charge is 0.416 e. The molecule has 1 aliphatic rings. The van der Waals surface area contributed by atoms with Crippen molar-refractivity contribution in [1.82, 2.24) is 25.1 Å². The standard InChI is InChI=1S/C20H19F4N5/c21-17-9-3-14(4-10-17)13-29-19(25-26-27-29)18(28-11-1-2-12-28)15-5-7-16(8-6-15)20(22,23)24/h3-10,18H,1-2,11-13H2/t18-/m1/s1. The van der Waals surface area contributed by atoms with Crippen molar-refractivity contribution in [3.8, 4) is 0 Å². The molecule has 0 aliphatic carbocycles. The molecule has 9 heteroatoms. The molecule has 29 heavy (non-hydrogen) atoms. The highest BCUT2D eigenvalue weighted by Crippen LogP contribution is 2.34. The van der Waals surface area contributed by atoms with E-state index in [1.165, 1.54) is 24.3 Å². The van der Waals surface area contributed by atoms with E-state index >= 15 is 0 Å². The average molecular weight is 405 g/mol. The molecule has 1 atom stereocenters. The zero-order chi connectivity index (χ0) is 20.4. The van der Waals surface area contributed by atoms with Crippen molar-refractivity contribution in [3.63, 3.8) is 0 Å². The van der Waals surface area contributed by atoms with E-state index in [1.807, 2.05) is 0 Å². The summed E-state index contributed by atoms with van der Waals surface area (Å²) in [5, 5.41) is 12.0. The fraction of sp³-hybridized carbons (Fsp3) is 0.350. The van der Waals surface area contributed by atoms with Crippen molar-refractivity contribution in [1.29, 1.82) is 0 Å². The number of rotatable bonds is 5. The Kier molecular flexibility index (Phi) is 5.31. The van der Waals surface area contributed by atoms with Crippen LogP contribution >= 0.6 is 0 Å². The third-order valence-corrected chi connectivity index (χ3v) is 5.11. The van der Waals surface area contributed by atoms with Gasteiger partial charge in [-0.15, -0.1) is 5.10 Å². The highest BCUT2D eigenvalue weighted by Gasteiger charge is 2.33. The number of benzene rings is 2. The molecule has 1 aliphatic heterocycles. The first-order valence-electron chi connectivity index (χ1n) is 9.33. The summed E-state index contributed by atoms with van der Waals surface area (Å²) in [6.45, 7) is 1.97. The summed E-state index contributed by atoms with van der Waals surface area (Å²) in [5.41, 5.74) is 0.843. The fourth-order valence-corrected chi connectivity index (χ4v) is 3.66. The Morgan fingerprint density at radius 2 is 1.59 bits per heavy atom. The predicted octanol–water partition coefficient (Wildman–Crippen LogP) is 4.06. The summed E-state index contributed by atoms with van der Waals surface area (Å²) in [4.78, 5) is 2.18. The Labute approximate surface area is 164 Å². The molecule has 0 saturated carbocycles. The summed E-state index contributed by atoms with van der Waals surface area (Å²) < 4.78 is 53.7. The van der Waals surface area contributed by atoms with Gasteiger partial charge in [0.2, 0.25) is 0 Å². The van der Waals surface area contributed by atoms with Crippen LogP contribution in [0.15, 0.2) is 48.5 Å². The highest BCUT2D eigenvalue weighted by molar-refractivity contribution is 5.30. The van der Waals surface area contributed by atoms with Gasteiger partial charge in [-0.3, -0.25) is 4.90 Å². The van der Waals surface area contributed by atoms with Gasteiger partial charge in [-0.1, -0.05) is 24.3 Å². The van der Waals surface area contributed by atoms with E-state index in [0.717, 1.165) is 43.6 Å². The maximum absolute atomic E-state index is 13.2. The maximum atomic E-state index is 13.2. The molecule has 5 nitrogen and oxygen atoms in total. The molecule has 0 unspecified atom stereocenters. The van der Waals surface area contributed by atoms with Gasteiger partial charge in [0.1, 0.15) is 5.82 Å². The number of nitrogens with zero attached hydrogens (tertiary/aromatic N) is 5.